The molecule has 1 amide bonds. The highest BCUT2D eigenvalue weighted by molar-refractivity contribution is 9.09. The van der Waals surface area contributed by atoms with Crippen LogP contribution >= 0.6 is 15.9 Å². The number of amides is 1. The second-order valence-electron chi connectivity index (χ2n) is 4.84. The zero-order valence-corrected chi connectivity index (χ0v) is 13.2. The van der Waals surface area contributed by atoms with Crippen LogP contribution in [0.4, 0.5) is 0 Å². The predicted octanol–water partition coefficient (Wildman–Crippen LogP) is 3.78. The van der Waals surface area contributed by atoms with Gasteiger partial charge in [0.25, 0.3) is 5.91 Å². The number of alkyl halides is 1. The van der Waals surface area contributed by atoms with Crippen LogP contribution in [-0.4, -0.2) is 22.8 Å². The van der Waals surface area contributed by atoms with E-state index in [-0.39, 0.29) is 5.91 Å². The Balaban J connectivity index is 2.11. The number of nitrogens with one attached hydrogen (secondary N) is 1. The first kappa shape index (κ1) is 15.0. The van der Waals surface area contributed by atoms with Gasteiger partial charge >= 0.3 is 0 Å². The Hall–Kier alpha value is -1.42. The number of pyridine rings is 1. The zero-order valence-electron chi connectivity index (χ0n) is 11.6. The number of carbonyl (C=O) groups excluding carboxylic acids is 1. The van der Waals surface area contributed by atoms with Crippen molar-refractivity contribution in [2.24, 2.45) is 5.92 Å². The molecule has 0 saturated carbocycles. The molecule has 3 nitrogen and oxygen atoms in total. The van der Waals surface area contributed by atoms with Crippen molar-refractivity contribution in [2.45, 2.75) is 19.8 Å². The maximum Gasteiger partial charge on any atom is 0.251 e. The molecule has 2 aromatic rings. The largest absolute Gasteiger partial charge is 0.352 e. The van der Waals surface area contributed by atoms with Gasteiger partial charge in [0.2, 0.25) is 0 Å². The van der Waals surface area contributed by atoms with Crippen LogP contribution in [0.25, 0.3) is 10.9 Å². The molecule has 1 aromatic carbocycles. The van der Waals surface area contributed by atoms with Crippen LogP contribution in [0.15, 0.2) is 36.5 Å². The number of aromatic nitrogens is 1. The first-order chi connectivity index (χ1) is 9.76. The number of rotatable bonds is 6. The Morgan fingerprint density at radius 2 is 2.20 bits per heavy atom. The van der Waals surface area contributed by atoms with Gasteiger partial charge in [-0.3, -0.25) is 9.78 Å². The van der Waals surface area contributed by atoms with Crippen molar-refractivity contribution in [2.75, 3.05) is 11.9 Å². The van der Waals surface area contributed by atoms with Gasteiger partial charge in [-0.25, -0.2) is 0 Å². The molecule has 0 aliphatic carbocycles. The van der Waals surface area contributed by atoms with E-state index in [1.54, 1.807) is 6.20 Å². The molecule has 4 heteroatoms. The Bertz CT molecular complexity index is 580. The van der Waals surface area contributed by atoms with E-state index in [0.29, 0.717) is 11.5 Å². The fraction of sp³-hybridized carbons (Fsp3) is 0.375. The summed E-state index contributed by atoms with van der Waals surface area (Å²) in [4.78, 5) is 16.6. The number of halogens is 1. The van der Waals surface area contributed by atoms with Crippen molar-refractivity contribution in [3.05, 3.63) is 42.1 Å². The molecule has 106 valence electrons. The van der Waals surface area contributed by atoms with Gasteiger partial charge < -0.3 is 5.32 Å². The molecule has 0 saturated heterocycles. The minimum absolute atomic E-state index is 0.0170. The molecule has 0 fully saturated rings. The number of fused-ring (bicyclic) bond motifs is 1. The smallest absolute Gasteiger partial charge is 0.251 e. The van der Waals surface area contributed by atoms with E-state index in [1.807, 2.05) is 30.3 Å². The molecule has 1 N–H and O–H groups in total. The summed E-state index contributed by atoms with van der Waals surface area (Å²) in [6.07, 6.45) is 3.89. The molecule has 1 atom stereocenters. The minimum atomic E-state index is -0.0170. The molecule has 0 spiro atoms. The lowest BCUT2D eigenvalue weighted by Gasteiger charge is -2.14. The average molecular weight is 335 g/mol. The number of carbonyl (C=O) groups is 1. The second kappa shape index (κ2) is 7.39. The summed E-state index contributed by atoms with van der Waals surface area (Å²) in [5.41, 5.74) is 1.55. The normalized spacial score (nSPS) is 12.3. The fourth-order valence-corrected chi connectivity index (χ4v) is 2.89. The molecular weight excluding hydrogens is 316 g/mol. The average Bonchev–Trinajstić information content (AvgIpc) is 2.50. The molecular formula is C16H19BrN2O. The van der Waals surface area contributed by atoms with Gasteiger partial charge in [-0.05, 0) is 30.5 Å². The zero-order chi connectivity index (χ0) is 14.4. The summed E-state index contributed by atoms with van der Waals surface area (Å²) in [6, 6.07) is 9.45. The molecule has 0 radical (unpaired) electrons. The van der Waals surface area contributed by atoms with Crippen molar-refractivity contribution < 1.29 is 4.79 Å². The van der Waals surface area contributed by atoms with Gasteiger partial charge in [-0.15, -0.1) is 0 Å². The summed E-state index contributed by atoms with van der Waals surface area (Å²) in [5.74, 6) is 0.503. The van der Waals surface area contributed by atoms with Crippen LogP contribution in [0.1, 0.15) is 30.1 Å². The van der Waals surface area contributed by atoms with E-state index < -0.39 is 0 Å². The van der Waals surface area contributed by atoms with Crippen molar-refractivity contribution in [1.29, 1.82) is 0 Å². The van der Waals surface area contributed by atoms with E-state index in [0.717, 1.165) is 35.6 Å². The van der Waals surface area contributed by atoms with Gasteiger partial charge in [0, 0.05) is 29.0 Å². The summed E-state index contributed by atoms with van der Waals surface area (Å²) in [7, 11) is 0. The van der Waals surface area contributed by atoms with Crippen LogP contribution in [0, 0.1) is 5.92 Å². The van der Waals surface area contributed by atoms with Crippen LogP contribution in [-0.2, 0) is 0 Å². The monoisotopic (exact) mass is 334 g/mol. The Morgan fingerprint density at radius 1 is 1.35 bits per heavy atom. The Kier molecular flexibility index (Phi) is 5.53. The summed E-state index contributed by atoms with van der Waals surface area (Å²) < 4.78 is 0. The van der Waals surface area contributed by atoms with Crippen molar-refractivity contribution in [1.82, 2.24) is 10.3 Å². The molecule has 0 aliphatic heterocycles. The third-order valence-electron chi connectivity index (χ3n) is 3.54. The van der Waals surface area contributed by atoms with Gasteiger partial charge in [-0.1, -0.05) is 41.4 Å². The lowest BCUT2D eigenvalue weighted by molar-refractivity contribution is 0.0948. The lowest BCUT2D eigenvalue weighted by Crippen LogP contribution is -2.29. The van der Waals surface area contributed by atoms with Crippen LogP contribution in [0.3, 0.4) is 0 Å². The van der Waals surface area contributed by atoms with Crippen molar-refractivity contribution >= 4 is 32.7 Å². The molecule has 0 bridgehead atoms. The molecule has 20 heavy (non-hydrogen) atoms. The highest BCUT2D eigenvalue weighted by Crippen LogP contribution is 2.16. The number of nitrogens with zero attached hydrogens (tertiary/aromatic N) is 1. The van der Waals surface area contributed by atoms with E-state index in [9.17, 15) is 4.79 Å². The van der Waals surface area contributed by atoms with Crippen LogP contribution in [0.2, 0.25) is 0 Å². The van der Waals surface area contributed by atoms with Crippen molar-refractivity contribution in [3.8, 4) is 0 Å². The molecule has 1 unspecified atom stereocenters. The topological polar surface area (TPSA) is 42.0 Å². The van der Waals surface area contributed by atoms with E-state index in [2.05, 4.69) is 33.2 Å². The maximum absolute atomic E-state index is 12.3. The summed E-state index contributed by atoms with van der Waals surface area (Å²) >= 11 is 3.45. The van der Waals surface area contributed by atoms with Gasteiger partial charge in [0.05, 0.1) is 5.52 Å². The minimum Gasteiger partial charge on any atom is -0.352 e. The SMILES string of the molecule is CCC(CCBr)CNC(=O)c1cccc2ncccc12. The molecule has 2 rings (SSSR count). The van der Waals surface area contributed by atoms with E-state index in [4.69, 9.17) is 0 Å². The molecule has 0 aliphatic rings. The second-order valence-corrected chi connectivity index (χ2v) is 5.63. The highest BCUT2D eigenvalue weighted by atomic mass is 79.9. The quantitative estimate of drug-likeness (QED) is 0.817. The van der Waals surface area contributed by atoms with Gasteiger partial charge in [0.15, 0.2) is 0 Å². The maximum atomic E-state index is 12.3. The predicted molar refractivity (Wildman–Crippen MR) is 86.3 cm³/mol. The van der Waals surface area contributed by atoms with Gasteiger partial charge in [0.1, 0.15) is 0 Å². The van der Waals surface area contributed by atoms with Crippen molar-refractivity contribution in [3.63, 3.8) is 0 Å². The third-order valence-corrected chi connectivity index (χ3v) is 3.99. The van der Waals surface area contributed by atoms with E-state index in [1.165, 1.54) is 0 Å². The van der Waals surface area contributed by atoms with Gasteiger partial charge in [-0.2, -0.15) is 0 Å². The fourth-order valence-electron chi connectivity index (χ4n) is 2.24. The Labute approximate surface area is 127 Å². The third kappa shape index (κ3) is 3.57. The van der Waals surface area contributed by atoms with E-state index >= 15 is 0 Å². The first-order valence-electron chi connectivity index (χ1n) is 6.94. The standard InChI is InChI=1S/C16H19BrN2O/c1-2-12(8-9-17)11-19-16(20)14-5-3-7-15-13(14)6-4-10-18-15/h3-7,10,12H,2,8-9,11H2,1H3,(H,19,20). The van der Waals surface area contributed by atoms with Crippen LogP contribution < -0.4 is 5.32 Å². The number of hydrogen-bond donors (Lipinski definition) is 1. The Morgan fingerprint density at radius 3 is 2.95 bits per heavy atom. The highest BCUT2D eigenvalue weighted by Gasteiger charge is 2.12. The first-order valence-corrected chi connectivity index (χ1v) is 8.06. The number of hydrogen-bond acceptors (Lipinski definition) is 2. The molecule has 1 aromatic heterocycles. The summed E-state index contributed by atoms with van der Waals surface area (Å²) in [5, 5.41) is 4.91. The number of benzene rings is 1. The van der Waals surface area contributed by atoms with Crippen LogP contribution in [0.5, 0.6) is 0 Å². The molecule has 1 heterocycles. The lowest BCUT2D eigenvalue weighted by atomic mass is 10.0. The summed E-state index contributed by atoms with van der Waals surface area (Å²) in [6.45, 7) is 2.87.